The van der Waals surface area contributed by atoms with E-state index < -0.39 is 6.04 Å². The molecular formula is C30H35N3O4. The lowest BCUT2D eigenvalue weighted by atomic mass is 9.98. The van der Waals surface area contributed by atoms with Crippen LogP contribution in [0.5, 0.6) is 0 Å². The summed E-state index contributed by atoms with van der Waals surface area (Å²) in [5.41, 5.74) is 4.41. The van der Waals surface area contributed by atoms with Gasteiger partial charge in [0.15, 0.2) is 5.76 Å². The first-order chi connectivity index (χ1) is 18.0. The number of nitrogens with zero attached hydrogens (tertiary/aromatic N) is 2. The fourth-order valence-corrected chi connectivity index (χ4v) is 5.51. The number of furan rings is 1. The average Bonchev–Trinajstić information content (AvgIpc) is 3.63. The standard InChI is InChI=1S/C30H35N3O4/c1-21-7-5-8-22(2)27(21)33(30(35)26-11-6-18-37-26)28(29(34)31-24-9-3-4-10-24)23-12-14-25(15-13-23)32-16-19-36-20-17-32/h5-8,11-15,18,24,28H,3-4,9-10,16-17,19-20H2,1-2H3,(H,31,34). The van der Waals surface area contributed by atoms with E-state index in [1.807, 2.05) is 56.3 Å². The number of amides is 2. The number of morpholine rings is 1. The quantitative estimate of drug-likeness (QED) is 0.483. The van der Waals surface area contributed by atoms with E-state index in [0.29, 0.717) is 13.2 Å². The summed E-state index contributed by atoms with van der Waals surface area (Å²) in [4.78, 5) is 31.9. The zero-order valence-electron chi connectivity index (χ0n) is 21.6. The molecule has 1 saturated carbocycles. The van der Waals surface area contributed by atoms with Gasteiger partial charge in [0.2, 0.25) is 5.91 Å². The number of benzene rings is 2. The molecule has 5 rings (SSSR count). The predicted octanol–water partition coefficient (Wildman–Crippen LogP) is 5.18. The van der Waals surface area contributed by atoms with Crippen molar-refractivity contribution in [1.82, 2.24) is 5.32 Å². The molecule has 1 aliphatic carbocycles. The van der Waals surface area contributed by atoms with Gasteiger partial charge in [-0.15, -0.1) is 0 Å². The molecule has 1 unspecified atom stereocenters. The Morgan fingerprint density at radius 2 is 1.62 bits per heavy atom. The van der Waals surface area contributed by atoms with Crippen LogP contribution in [0.2, 0.25) is 0 Å². The normalized spacial score (nSPS) is 17.0. The van der Waals surface area contributed by atoms with Gasteiger partial charge in [-0.3, -0.25) is 14.5 Å². The Labute approximate surface area is 218 Å². The third-order valence-electron chi connectivity index (χ3n) is 7.42. The second-order valence-electron chi connectivity index (χ2n) is 9.98. The van der Waals surface area contributed by atoms with E-state index in [1.54, 1.807) is 17.0 Å². The summed E-state index contributed by atoms with van der Waals surface area (Å²) in [6.07, 6.45) is 5.63. The SMILES string of the molecule is Cc1cccc(C)c1N(C(=O)c1ccco1)C(C(=O)NC1CCCC1)c1ccc(N2CCOCC2)cc1. The number of aryl methyl sites for hydroxylation is 2. The summed E-state index contributed by atoms with van der Waals surface area (Å²) in [6, 6.07) is 16.5. The van der Waals surface area contributed by atoms with Gasteiger partial charge in [0.1, 0.15) is 6.04 Å². The monoisotopic (exact) mass is 501 g/mol. The minimum Gasteiger partial charge on any atom is -0.459 e. The van der Waals surface area contributed by atoms with Gasteiger partial charge in [-0.1, -0.05) is 43.2 Å². The second-order valence-corrected chi connectivity index (χ2v) is 9.98. The van der Waals surface area contributed by atoms with Crippen LogP contribution in [0.4, 0.5) is 11.4 Å². The van der Waals surface area contributed by atoms with Crippen molar-refractivity contribution in [3.05, 3.63) is 83.3 Å². The van der Waals surface area contributed by atoms with Crippen LogP contribution in [0.15, 0.2) is 65.3 Å². The van der Waals surface area contributed by atoms with Gasteiger partial charge in [-0.05, 0) is 67.6 Å². The molecule has 1 atom stereocenters. The Morgan fingerprint density at radius 1 is 0.946 bits per heavy atom. The Kier molecular flexibility index (Phi) is 7.60. The van der Waals surface area contributed by atoms with Gasteiger partial charge in [-0.2, -0.15) is 0 Å². The van der Waals surface area contributed by atoms with Crippen molar-refractivity contribution >= 4 is 23.2 Å². The van der Waals surface area contributed by atoms with Gasteiger partial charge in [-0.25, -0.2) is 0 Å². The van der Waals surface area contributed by atoms with E-state index in [-0.39, 0.29) is 23.6 Å². The third kappa shape index (κ3) is 5.42. The molecule has 0 spiro atoms. The number of carbonyl (C=O) groups excluding carboxylic acids is 2. The summed E-state index contributed by atoms with van der Waals surface area (Å²) in [5.74, 6) is -0.314. The van der Waals surface area contributed by atoms with Crippen molar-refractivity contribution in [2.24, 2.45) is 0 Å². The molecule has 0 radical (unpaired) electrons. The zero-order chi connectivity index (χ0) is 25.8. The Morgan fingerprint density at radius 3 is 2.24 bits per heavy atom. The number of nitrogens with one attached hydrogen (secondary N) is 1. The maximum absolute atomic E-state index is 14.0. The van der Waals surface area contributed by atoms with Gasteiger partial charge < -0.3 is 19.4 Å². The van der Waals surface area contributed by atoms with Crippen LogP contribution < -0.4 is 15.1 Å². The first-order valence-corrected chi connectivity index (χ1v) is 13.2. The molecule has 2 heterocycles. The summed E-state index contributed by atoms with van der Waals surface area (Å²) in [6.45, 7) is 7.00. The zero-order valence-corrected chi connectivity index (χ0v) is 21.6. The van der Waals surface area contributed by atoms with E-state index in [4.69, 9.17) is 9.15 Å². The van der Waals surface area contributed by atoms with Gasteiger partial charge in [0.25, 0.3) is 5.91 Å². The predicted molar refractivity (Wildman–Crippen MR) is 144 cm³/mol. The van der Waals surface area contributed by atoms with Crippen molar-refractivity contribution in [3.63, 3.8) is 0 Å². The topological polar surface area (TPSA) is 75.0 Å². The molecule has 2 fully saturated rings. The summed E-state index contributed by atoms with van der Waals surface area (Å²) in [5, 5.41) is 3.25. The molecule has 37 heavy (non-hydrogen) atoms. The molecule has 2 amide bonds. The number of ether oxygens (including phenoxy) is 1. The molecule has 1 saturated heterocycles. The highest BCUT2D eigenvalue weighted by Crippen LogP contribution is 2.35. The van der Waals surface area contributed by atoms with Crippen molar-refractivity contribution in [3.8, 4) is 0 Å². The molecule has 1 aliphatic heterocycles. The first kappa shape index (κ1) is 25.1. The first-order valence-electron chi connectivity index (χ1n) is 13.2. The number of anilines is 2. The maximum Gasteiger partial charge on any atom is 0.294 e. The Balaban J connectivity index is 1.59. The Hall–Kier alpha value is -3.58. The van der Waals surface area contributed by atoms with Crippen LogP contribution in [-0.2, 0) is 9.53 Å². The summed E-state index contributed by atoms with van der Waals surface area (Å²) < 4.78 is 11.0. The van der Waals surface area contributed by atoms with E-state index in [2.05, 4.69) is 10.2 Å². The minimum absolute atomic E-state index is 0.126. The lowest BCUT2D eigenvalue weighted by molar-refractivity contribution is -0.123. The highest BCUT2D eigenvalue weighted by Gasteiger charge is 2.37. The number of para-hydroxylation sites is 1. The summed E-state index contributed by atoms with van der Waals surface area (Å²) in [7, 11) is 0. The largest absolute Gasteiger partial charge is 0.459 e. The molecule has 7 heteroatoms. The van der Waals surface area contributed by atoms with Crippen LogP contribution in [0.1, 0.15) is 59.0 Å². The molecule has 2 aromatic carbocycles. The maximum atomic E-state index is 14.0. The number of hydrogen-bond acceptors (Lipinski definition) is 5. The van der Waals surface area contributed by atoms with Crippen molar-refractivity contribution < 1.29 is 18.7 Å². The molecule has 1 aromatic heterocycles. The second kappa shape index (κ2) is 11.2. The molecule has 0 bridgehead atoms. The summed E-state index contributed by atoms with van der Waals surface area (Å²) >= 11 is 0. The number of carbonyl (C=O) groups is 2. The molecule has 194 valence electrons. The van der Waals surface area contributed by atoms with Gasteiger partial charge in [0, 0.05) is 24.8 Å². The lowest BCUT2D eigenvalue weighted by Crippen LogP contribution is -2.46. The van der Waals surface area contributed by atoms with Gasteiger partial charge in [0.05, 0.1) is 25.2 Å². The van der Waals surface area contributed by atoms with Crippen molar-refractivity contribution in [1.29, 1.82) is 0 Å². The van der Waals surface area contributed by atoms with E-state index in [0.717, 1.165) is 66.8 Å². The van der Waals surface area contributed by atoms with Crippen LogP contribution >= 0.6 is 0 Å². The highest BCUT2D eigenvalue weighted by atomic mass is 16.5. The molecule has 7 nitrogen and oxygen atoms in total. The van der Waals surface area contributed by atoms with Crippen LogP contribution in [0, 0.1) is 13.8 Å². The molecule has 2 aliphatic rings. The smallest absolute Gasteiger partial charge is 0.294 e. The number of rotatable bonds is 7. The van der Waals surface area contributed by atoms with E-state index in [9.17, 15) is 9.59 Å². The minimum atomic E-state index is -0.850. The van der Waals surface area contributed by atoms with E-state index >= 15 is 0 Å². The van der Waals surface area contributed by atoms with Gasteiger partial charge >= 0.3 is 0 Å². The van der Waals surface area contributed by atoms with Crippen LogP contribution in [0.25, 0.3) is 0 Å². The van der Waals surface area contributed by atoms with Crippen molar-refractivity contribution in [2.75, 3.05) is 36.1 Å². The van der Waals surface area contributed by atoms with E-state index in [1.165, 1.54) is 6.26 Å². The fraction of sp³-hybridized carbons (Fsp3) is 0.400. The molecular weight excluding hydrogens is 466 g/mol. The third-order valence-corrected chi connectivity index (χ3v) is 7.42. The fourth-order valence-electron chi connectivity index (χ4n) is 5.51. The number of hydrogen-bond donors (Lipinski definition) is 1. The van der Waals surface area contributed by atoms with Crippen molar-refractivity contribution in [2.45, 2.75) is 51.6 Å². The average molecular weight is 502 g/mol. The van der Waals surface area contributed by atoms with Crippen LogP contribution in [0.3, 0.4) is 0 Å². The Bertz CT molecular complexity index is 1190. The molecule has 1 N–H and O–H groups in total. The van der Waals surface area contributed by atoms with Crippen LogP contribution in [-0.4, -0.2) is 44.2 Å². The molecule has 3 aromatic rings. The lowest BCUT2D eigenvalue weighted by Gasteiger charge is -2.34. The highest BCUT2D eigenvalue weighted by molar-refractivity contribution is 6.09.